The van der Waals surface area contributed by atoms with Gasteiger partial charge in [-0.25, -0.2) is 0 Å². The number of nitrogens with zero attached hydrogens (tertiary/aromatic N) is 1. The van der Waals surface area contributed by atoms with Gasteiger partial charge in [0.1, 0.15) is 10.1 Å². The first-order valence-corrected chi connectivity index (χ1v) is 9.20. The molecule has 1 aliphatic heterocycles. The number of carbonyl (C=O) groups is 1. The lowest BCUT2D eigenvalue weighted by molar-refractivity contribution is -0.121. The van der Waals surface area contributed by atoms with Gasteiger partial charge in [0.25, 0.3) is 5.91 Å². The van der Waals surface area contributed by atoms with E-state index < -0.39 is 10.1 Å². The summed E-state index contributed by atoms with van der Waals surface area (Å²) in [4.78, 5) is 14.1. The number of thioether (sulfide) groups is 1. The summed E-state index contributed by atoms with van der Waals surface area (Å²) < 4.78 is 27.9. The highest BCUT2D eigenvalue weighted by atomic mass is 32.2. The Kier molecular flexibility index (Phi) is 5.05. The minimum Gasteiger partial charge on any atom is -0.382 e. The summed E-state index contributed by atoms with van der Waals surface area (Å²) >= 11 is 6.31. The zero-order valence-electron chi connectivity index (χ0n) is 11.7. The van der Waals surface area contributed by atoms with Gasteiger partial charge in [-0.3, -0.25) is 9.69 Å². The van der Waals surface area contributed by atoms with Gasteiger partial charge in [0.15, 0.2) is 0 Å². The number of thiocarbonyl (C=S) groups is 1. The van der Waals surface area contributed by atoms with Crippen molar-refractivity contribution < 1.29 is 17.4 Å². The Morgan fingerprint density at radius 2 is 2.09 bits per heavy atom. The van der Waals surface area contributed by atoms with Crippen molar-refractivity contribution in [2.75, 3.05) is 12.8 Å². The molecule has 0 aliphatic carbocycles. The molecule has 1 fully saturated rings. The molecule has 1 heterocycles. The fraction of sp³-hybridized carbons (Fsp3) is 0.143. The second-order valence-electron chi connectivity index (χ2n) is 4.41. The van der Waals surface area contributed by atoms with Gasteiger partial charge < -0.3 is 4.18 Å². The molecule has 1 amide bonds. The van der Waals surface area contributed by atoms with E-state index >= 15 is 0 Å². The van der Waals surface area contributed by atoms with Crippen LogP contribution in [0.1, 0.15) is 5.56 Å². The molecule has 5 nitrogen and oxygen atoms in total. The molecule has 0 spiro atoms. The molecule has 0 unspecified atom stereocenters. The highest BCUT2D eigenvalue weighted by Crippen LogP contribution is 2.34. The van der Waals surface area contributed by atoms with E-state index in [4.69, 9.17) is 16.4 Å². The standard InChI is InChI=1S/C14H13NO4S3/c1-3-8-15-13(16)12(21-14(15)20)9-10-6-4-5-7-11(10)19-22(2,17)18/h3-7,9H,1,8H2,2H3. The van der Waals surface area contributed by atoms with Gasteiger partial charge >= 0.3 is 10.1 Å². The first-order chi connectivity index (χ1) is 10.3. The lowest BCUT2D eigenvalue weighted by atomic mass is 10.2. The Labute approximate surface area is 138 Å². The zero-order chi connectivity index (χ0) is 16.3. The summed E-state index contributed by atoms with van der Waals surface area (Å²) in [6, 6.07) is 6.57. The zero-order valence-corrected chi connectivity index (χ0v) is 14.1. The van der Waals surface area contributed by atoms with Gasteiger partial charge in [-0.05, 0) is 12.1 Å². The molecular weight excluding hydrogens is 342 g/mol. The maximum atomic E-state index is 12.2. The Morgan fingerprint density at radius 3 is 2.73 bits per heavy atom. The summed E-state index contributed by atoms with van der Waals surface area (Å²) in [6.07, 6.45) is 4.13. The molecule has 0 aromatic heterocycles. The third-order valence-corrected chi connectivity index (χ3v) is 4.49. The second kappa shape index (κ2) is 6.64. The van der Waals surface area contributed by atoms with Crippen molar-refractivity contribution in [3.8, 4) is 5.75 Å². The predicted octanol–water partition coefficient (Wildman–Crippen LogP) is 2.41. The second-order valence-corrected chi connectivity index (χ2v) is 7.66. The monoisotopic (exact) mass is 355 g/mol. The highest BCUT2D eigenvalue weighted by molar-refractivity contribution is 8.26. The Balaban J connectivity index is 2.36. The third-order valence-electron chi connectivity index (χ3n) is 2.63. The van der Waals surface area contributed by atoms with Crippen LogP contribution in [0.2, 0.25) is 0 Å². The smallest absolute Gasteiger partial charge is 0.306 e. The number of carbonyl (C=O) groups excluding carboxylic acids is 1. The molecular formula is C14H13NO4S3. The maximum Gasteiger partial charge on any atom is 0.306 e. The van der Waals surface area contributed by atoms with Crippen LogP contribution in [-0.4, -0.2) is 36.3 Å². The number of amides is 1. The summed E-state index contributed by atoms with van der Waals surface area (Å²) in [5.41, 5.74) is 0.493. The SMILES string of the molecule is C=CCN1C(=O)C(=Cc2ccccc2OS(C)(=O)=O)SC1=S. The first-order valence-electron chi connectivity index (χ1n) is 6.16. The summed E-state index contributed by atoms with van der Waals surface area (Å²) in [7, 11) is -3.65. The van der Waals surface area contributed by atoms with Crippen LogP contribution < -0.4 is 4.18 Å². The molecule has 0 saturated carbocycles. The van der Waals surface area contributed by atoms with Gasteiger partial charge in [0, 0.05) is 12.1 Å². The van der Waals surface area contributed by atoms with E-state index in [0.29, 0.717) is 21.3 Å². The number of benzene rings is 1. The van der Waals surface area contributed by atoms with Crippen LogP contribution in [0, 0.1) is 0 Å². The summed E-state index contributed by atoms with van der Waals surface area (Å²) in [5.74, 6) is -0.0666. The number of rotatable bonds is 5. The predicted molar refractivity (Wildman–Crippen MR) is 92.0 cm³/mol. The Bertz CT molecular complexity index is 768. The van der Waals surface area contributed by atoms with E-state index in [1.165, 1.54) is 11.0 Å². The lowest BCUT2D eigenvalue weighted by Crippen LogP contribution is -2.27. The fourth-order valence-corrected chi connectivity index (χ4v) is 3.51. The van der Waals surface area contributed by atoms with Gasteiger partial charge in [0.05, 0.1) is 11.2 Å². The average molecular weight is 355 g/mol. The van der Waals surface area contributed by atoms with Crippen LogP contribution in [-0.2, 0) is 14.9 Å². The molecule has 116 valence electrons. The van der Waals surface area contributed by atoms with E-state index in [-0.39, 0.29) is 11.7 Å². The largest absolute Gasteiger partial charge is 0.382 e. The molecule has 8 heteroatoms. The minimum atomic E-state index is -3.65. The van der Waals surface area contributed by atoms with E-state index in [1.54, 1.807) is 30.4 Å². The van der Waals surface area contributed by atoms with Crippen molar-refractivity contribution in [2.24, 2.45) is 0 Å². The molecule has 1 aliphatic rings. The minimum absolute atomic E-state index is 0.166. The van der Waals surface area contributed by atoms with Crippen LogP contribution in [0.25, 0.3) is 6.08 Å². The average Bonchev–Trinajstić information content (AvgIpc) is 2.68. The first kappa shape index (κ1) is 16.7. The Morgan fingerprint density at radius 1 is 1.41 bits per heavy atom. The van der Waals surface area contributed by atoms with Crippen LogP contribution in [0.5, 0.6) is 5.75 Å². The quantitative estimate of drug-likeness (QED) is 0.350. The van der Waals surface area contributed by atoms with Crippen molar-refractivity contribution in [1.82, 2.24) is 4.90 Å². The summed E-state index contributed by atoms with van der Waals surface area (Å²) in [6.45, 7) is 3.92. The molecule has 22 heavy (non-hydrogen) atoms. The fourth-order valence-electron chi connectivity index (χ4n) is 1.77. The van der Waals surface area contributed by atoms with Crippen LogP contribution in [0.15, 0.2) is 41.8 Å². The normalized spacial score (nSPS) is 17.1. The number of para-hydroxylation sites is 1. The van der Waals surface area contributed by atoms with Crippen molar-refractivity contribution in [3.05, 3.63) is 47.4 Å². The third kappa shape index (κ3) is 3.96. The molecule has 1 aromatic rings. The van der Waals surface area contributed by atoms with Gasteiger partial charge in [-0.1, -0.05) is 48.3 Å². The highest BCUT2D eigenvalue weighted by Gasteiger charge is 2.31. The van der Waals surface area contributed by atoms with Crippen molar-refractivity contribution in [2.45, 2.75) is 0 Å². The molecule has 0 N–H and O–H groups in total. The van der Waals surface area contributed by atoms with Gasteiger partial charge in [-0.2, -0.15) is 8.42 Å². The van der Waals surface area contributed by atoms with E-state index in [0.717, 1.165) is 18.0 Å². The number of hydrogen-bond acceptors (Lipinski definition) is 6. The van der Waals surface area contributed by atoms with Crippen molar-refractivity contribution >= 4 is 50.4 Å². The van der Waals surface area contributed by atoms with Crippen LogP contribution >= 0.6 is 24.0 Å². The van der Waals surface area contributed by atoms with Crippen molar-refractivity contribution in [3.63, 3.8) is 0 Å². The van der Waals surface area contributed by atoms with Crippen LogP contribution in [0.3, 0.4) is 0 Å². The molecule has 0 bridgehead atoms. The van der Waals surface area contributed by atoms with Crippen LogP contribution in [0.4, 0.5) is 0 Å². The van der Waals surface area contributed by atoms with Gasteiger partial charge in [0.2, 0.25) is 0 Å². The molecule has 1 aromatic carbocycles. The molecule has 0 atom stereocenters. The van der Waals surface area contributed by atoms with Crippen molar-refractivity contribution in [1.29, 1.82) is 0 Å². The van der Waals surface area contributed by atoms with E-state index in [2.05, 4.69) is 6.58 Å². The molecule has 2 rings (SSSR count). The molecule has 0 radical (unpaired) electrons. The lowest BCUT2D eigenvalue weighted by Gasteiger charge is -2.10. The summed E-state index contributed by atoms with van der Waals surface area (Å²) in [5, 5.41) is 0. The van der Waals surface area contributed by atoms with E-state index in [9.17, 15) is 13.2 Å². The van der Waals surface area contributed by atoms with Gasteiger partial charge in [-0.15, -0.1) is 6.58 Å². The Hall–Kier alpha value is -1.64. The van der Waals surface area contributed by atoms with E-state index in [1.807, 2.05) is 0 Å². The molecule has 1 saturated heterocycles. The number of hydrogen-bond donors (Lipinski definition) is 0. The maximum absolute atomic E-state index is 12.2. The topological polar surface area (TPSA) is 63.7 Å².